The molecule has 0 spiro atoms. The molecule has 8 nitrogen and oxygen atoms in total. The summed E-state index contributed by atoms with van der Waals surface area (Å²) in [5.41, 5.74) is -0.611. The third-order valence-corrected chi connectivity index (χ3v) is 5.51. The summed E-state index contributed by atoms with van der Waals surface area (Å²) in [6.45, 7) is 10.7. The van der Waals surface area contributed by atoms with Gasteiger partial charge >= 0.3 is 18.0 Å². The maximum absolute atomic E-state index is 12.5. The Labute approximate surface area is 165 Å². The quantitative estimate of drug-likeness (QED) is 0.623. The first kappa shape index (κ1) is 23.6. The zero-order valence-corrected chi connectivity index (χ0v) is 18.0. The molecule has 9 heteroatoms. The minimum atomic E-state index is -0.933. The number of amides is 1. The lowest BCUT2D eigenvalue weighted by Crippen LogP contribution is -2.49. The second kappa shape index (κ2) is 9.64. The van der Waals surface area contributed by atoms with E-state index >= 15 is 0 Å². The molecule has 1 aliphatic heterocycles. The van der Waals surface area contributed by atoms with E-state index in [9.17, 15) is 19.5 Å². The summed E-state index contributed by atoms with van der Waals surface area (Å²) in [6, 6.07) is -0.922. The summed E-state index contributed by atoms with van der Waals surface area (Å²) in [6.07, 6.45) is -0.628. The Morgan fingerprint density at radius 2 is 1.89 bits per heavy atom. The third-order valence-electron chi connectivity index (χ3n) is 4.18. The predicted molar refractivity (Wildman–Crippen MR) is 104 cm³/mol. The van der Waals surface area contributed by atoms with Crippen molar-refractivity contribution >= 4 is 29.8 Å². The maximum Gasteiger partial charge on any atom is 0.410 e. The molecule has 0 radical (unpaired) electrons. The van der Waals surface area contributed by atoms with Crippen molar-refractivity contribution in [2.75, 3.05) is 12.8 Å². The third kappa shape index (κ3) is 7.57. The molecule has 1 heterocycles. The van der Waals surface area contributed by atoms with Gasteiger partial charge in [0.05, 0.1) is 5.37 Å². The number of hydrogen-bond acceptors (Lipinski definition) is 7. The highest BCUT2D eigenvalue weighted by Crippen LogP contribution is 2.29. The molecule has 0 aromatic carbocycles. The van der Waals surface area contributed by atoms with Crippen molar-refractivity contribution in [3.63, 3.8) is 0 Å². The molecule has 2 N–H and O–H groups in total. The fraction of sp³-hybridized carbons (Fsp3) is 0.833. The Hall–Kier alpha value is -1.48. The number of carboxylic acid groups (broad SMARTS) is 1. The highest BCUT2D eigenvalue weighted by Gasteiger charge is 2.39. The molecule has 0 bridgehead atoms. The first-order valence-corrected chi connectivity index (χ1v) is 10.1. The lowest BCUT2D eigenvalue weighted by atomic mass is 9.96. The number of nitrogens with zero attached hydrogens (tertiary/aromatic N) is 1. The van der Waals surface area contributed by atoms with Crippen molar-refractivity contribution in [3.05, 3.63) is 0 Å². The number of thioether (sulfide) groups is 1. The molecule has 0 aromatic rings. The van der Waals surface area contributed by atoms with E-state index in [4.69, 9.17) is 9.47 Å². The SMILES string of the molecule is CC(=O)O[C@H](C[C@H](C(C)C)N(C)C(=O)OC(C)(C)C)[C@H]1N[C@@H](C(=O)O)CS1. The molecule has 0 saturated carbocycles. The number of esters is 1. The van der Waals surface area contributed by atoms with Crippen LogP contribution in [-0.2, 0) is 19.1 Å². The summed E-state index contributed by atoms with van der Waals surface area (Å²) in [4.78, 5) is 36.8. The molecule has 156 valence electrons. The van der Waals surface area contributed by atoms with Crippen LogP contribution >= 0.6 is 11.8 Å². The van der Waals surface area contributed by atoms with E-state index in [1.165, 1.54) is 23.6 Å². The predicted octanol–water partition coefficient (Wildman–Crippen LogP) is 2.32. The van der Waals surface area contributed by atoms with Crippen LogP contribution in [0, 0.1) is 5.92 Å². The lowest BCUT2D eigenvalue weighted by molar-refractivity contribution is -0.147. The van der Waals surface area contributed by atoms with E-state index in [0.29, 0.717) is 12.2 Å². The molecule has 1 saturated heterocycles. The normalized spacial score (nSPS) is 22.2. The van der Waals surface area contributed by atoms with Crippen LogP contribution in [0.5, 0.6) is 0 Å². The molecule has 1 aliphatic rings. The first-order valence-electron chi connectivity index (χ1n) is 9.05. The zero-order valence-electron chi connectivity index (χ0n) is 17.1. The largest absolute Gasteiger partial charge is 0.480 e. The number of carbonyl (C=O) groups excluding carboxylic acids is 2. The van der Waals surface area contributed by atoms with Crippen molar-refractivity contribution in [2.24, 2.45) is 5.92 Å². The molecule has 0 unspecified atom stereocenters. The maximum atomic E-state index is 12.5. The first-order chi connectivity index (χ1) is 12.3. The summed E-state index contributed by atoms with van der Waals surface area (Å²) in [5.74, 6) is -0.893. The van der Waals surface area contributed by atoms with Crippen LogP contribution in [0.4, 0.5) is 4.79 Å². The number of rotatable bonds is 7. The number of aliphatic carboxylic acids is 1. The minimum absolute atomic E-state index is 0.0854. The lowest BCUT2D eigenvalue weighted by Gasteiger charge is -2.36. The highest BCUT2D eigenvalue weighted by atomic mass is 32.2. The van der Waals surface area contributed by atoms with Gasteiger partial charge in [0.1, 0.15) is 17.7 Å². The highest BCUT2D eigenvalue weighted by molar-refractivity contribution is 8.00. The summed E-state index contributed by atoms with van der Waals surface area (Å²) < 4.78 is 10.9. The average Bonchev–Trinajstić information content (AvgIpc) is 2.98. The van der Waals surface area contributed by atoms with Crippen molar-refractivity contribution in [3.8, 4) is 0 Å². The summed E-state index contributed by atoms with van der Waals surface area (Å²) in [5, 5.41) is 11.8. The van der Waals surface area contributed by atoms with Gasteiger partial charge in [-0.3, -0.25) is 14.9 Å². The molecule has 1 amide bonds. The minimum Gasteiger partial charge on any atom is -0.480 e. The molecular weight excluding hydrogens is 372 g/mol. The van der Waals surface area contributed by atoms with Crippen LogP contribution in [0.25, 0.3) is 0 Å². The van der Waals surface area contributed by atoms with Crippen molar-refractivity contribution in [1.82, 2.24) is 10.2 Å². The number of nitrogens with one attached hydrogen (secondary N) is 1. The number of ether oxygens (including phenoxy) is 2. The van der Waals surface area contributed by atoms with Gasteiger partial charge in [0.2, 0.25) is 0 Å². The number of carboxylic acids is 1. The topological polar surface area (TPSA) is 105 Å². The Morgan fingerprint density at radius 1 is 1.30 bits per heavy atom. The molecule has 27 heavy (non-hydrogen) atoms. The monoisotopic (exact) mass is 404 g/mol. The number of carbonyl (C=O) groups is 3. The molecular formula is C18H32N2O6S. The van der Waals surface area contributed by atoms with E-state index in [1.54, 1.807) is 27.8 Å². The van der Waals surface area contributed by atoms with E-state index in [0.717, 1.165) is 0 Å². The van der Waals surface area contributed by atoms with E-state index in [1.807, 2.05) is 13.8 Å². The fourth-order valence-corrected chi connectivity index (χ4v) is 4.16. The van der Waals surface area contributed by atoms with Crippen molar-refractivity contribution < 1.29 is 29.0 Å². The van der Waals surface area contributed by atoms with Gasteiger partial charge in [-0.25, -0.2) is 4.79 Å². The Bertz CT molecular complexity index is 548. The van der Waals surface area contributed by atoms with E-state index in [2.05, 4.69) is 5.32 Å². The summed E-state index contributed by atoms with van der Waals surface area (Å²) >= 11 is 1.41. The molecule has 0 aromatic heterocycles. The smallest absolute Gasteiger partial charge is 0.410 e. The number of hydrogen-bond donors (Lipinski definition) is 2. The van der Waals surface area contributed by atoms with Crippen LogP contribution in [0.3, 0.4) is 0 Å². The summed E-state index contributed by atoms with van der Waals surface area (Å²) in [7, 11) is 1.67. The van der Waals surface area contributed by atoms with Gasteiger partial charge in [0.15, 0.2) is 0 Å². The van der Waals surface area contributed by atoms with Gasteiger partial charge in [-0.2, -0.15) is 0 Å². The molecule has 1 fully saturated rings. The molecule has 1 rings (SSSR count). The van der Waals surface area contributed by atoms with Crippen LogP contribution in [0.2, 0.25) is 0 Å². The van der Waals surface area contributed by atoms with Gasteiger partial charge in [-0.15, -0.1) is 11.8 Å². The van der Waals surface area contributed by atoms with E-state index in [-0.39, 0.29) is 17.3 Å². The van der Waals surface area contributed by atoms with Crippen LogP contribution in [-0.4, -0.2) is 70.0 Å². The van der Waals surface area contributed by atoms with Gasteiger partial charge in [-0.1, -0.05) is 13.8 Å². The molecule has 4 atom stereocenters. The zero-order chi connectivity index (χ0) is 20.9. The van der Waals surface area contributed by atoms with Crippen LogP contribution < -0.4 is 5.32 Å². The Kier molecular flexibility index (Phi) is 8.41. The molecule has 0 aliphatic carbocycles. The Morgan fingerprint density at radius 3 is 2.30 bits per heavy atom. The van der Waals surface area contributed by atoms with Gasteiger partial charge < -0.3 is 19.5 Å². The Balaban J connectivity index is 2.92. The second-order valence-electron chi connectivity index (χ2n) is 8.10. The van der Waals surface area contributed by atoms with Gasteiger partial charge in [0.25, 0.3) is 0 Å². The average molecular weight is 405 g/mol. The van der Waals surface area contributed by atoms with E-state index < -0.39 is 35.8 Å². The van der Waals surface area contributed by atoms with Crippen LogP contribution in [0.1, 0.15) is 48.0 Å². The van der Waals surface area contributed by atoms with Crippen LogP contribution in [0.15, 0.2) is 0 Å². The van der Waals surface area contributed by atoms with Crippen molar-refractivity contribution in [1.29, 1.82) is 0 Å². The standard InChI is InChI=1S/C18H32N2O6S/c1-10(2)13(20(7)17(24)26-18(4,5)6)8-14(25-11(3)21)15-19-12(9-27-15)16(22)23/h10,12-15,19H,8-9H2,1-7H3,(H,22,23)/t12-,13-,14-,15+/m1/s1. The van der Waals surface area contributed by atoms with Gasteiger partial charge in [-0.05, 0) is 26.7 Å². The van der Waals surface area contributed by atoms with Gasteiger partial charge in [0, 0.05) is 32.2 Å². The second-order valence-corrected chi connectivity index (χ2v) is 9.27. The van der Waals surface area contributed by atoms with Crippen molar-refractivity contribution in [2.45, 2.75) is 77.1 Å². The fourth-order valence-electron chi connectivity index (χ4n) is 2.88.